The third kappa shape index (κ3) is 4.15. The summed E-state index contributed by atoms with van der Waals surface area (Å²) in [6, 6.07) is 2.60. The third-order valence-electron chi connectivity index (χ3n) is 2.49. The Morgan fingerprint density at radius 3 is 2.25 bits per heavy atom. The molecule has 6 nitrogen and oxygen atoms in total. The minimum absolute atomic E-state index is 0.338. The SMILES string of the molecule is CC(C(=O)Nc1ccc(S(=O)(=O)Cl)cc1F)S(C)(=O)=O. The number of benzene rings is 1. The lowest BCUT2D eigenvalue weighted by Gasteiger charge is -2.11. The maximum atomic E-state index is 13.6. The van der Waals surface area contributed by atoms with Crippen molar-refractivity contribution < 1.29 is 26.0 Å². The van der Waals surface area contributed by atoms with Crippen LogP contribution in [-0.2, 0) is 23.7 Å². The second-order valence-electron chi connectivity index (χ2n) is 4.04. The Kier molecular flexibility index (Phi) is 4.78. The summed E-state index contributed by atoms with van der Waals surface area (Å²) in [5.74, 6) is -1.96. The first kappa shape index (κ1) is 16.9. The van der Waals surface area contributed by atoms with Crippen molar-refractivity contribution in [1.82, 2.24) is 0 Å². The summed E-state index contributed by atoms with van der Waals surface area (Å²) in [6.45, 7) is 1.15. The Morgan fingerprint density at radius 1 is 1.30 bits per heavy atom. The number of anilines is 1. The van der Waals surface area contributed by atoms with Gasteiger partial charge in [0.2, 0.25) is 5.91 Å². The Morgan fingerprint density at radius 2 is 1.85 bits per heavy atom. The summed E-state index contributed by atoms with van der Waals surface area (Å²) < 4.78 is 58.0. The number of nitrogens with one attached hydrogen (secondary N) is 1. The van der Waals surface area contributed by atoms with Gasteiger partial charge in [0.15, 0.2) is 9.84 Å². The molecule has 1 aromatic rings. The van der Waals surface area contributed by atoms with Gasteiger partial charge in [0, 0.05) is 16.9 Å². The topological polar surface area (TPSA) is 97.4 Å². The van der Waals surface area contributed by atoms with Crippen molar-refractivity contribution in [3.8, 4) is 0 Å². The molecule has 1 amide bonds. The van der Waals surface area contributed by atoms with E-state index in [1.165, 1.54) is 0 Å². The van der Waals surface area contributed by atoms with Gasteiger partial charge in [-0.25, -0.2) is 21.2 Å². The maximum absolute atomic E-state index is 13.6. The Bertz CT molecular complexity index is 745. The van der Waals surface area contributed by atoms with E-state index in [1.54, 1.807) is 0 Å². The van der Waals surface area contributed by atoms with E-state index in [0.29, 0.717) is 6.07 Å². The van der Waals surface area contributed by atoms with E-state index in [-0.39, 0.29) is 5.69 Å². The second kappa shape index (κ2) is 5.66. The Balaban J connectivity index is 3.04. The predicted molar refractivity (Wildman–Crippen MR) is 72.4 cm³/mol. The Labute approximate surface area is 120 Å². The minimum Gasteiger partial charge on any atom is -0.322 e. The zero-order valence-electron chi connectivity index (χ0n) is 10.4. The van der Waals surface area contributed by atoms with Crippen LogP contribution in [0.15, 0.2) is 23.1 Å². The van der Waals surface area contributed by atoms with Crippen molar-refractivity contribution in [1.29, 1.82) is 0 Å². The van der Waals surface area contributed by atoms with Crippen molar-refractivity contribution in [3.63, 3.8) is 0 Å². The number of hydrogen-bond donors (Lipinski definition) is 1. The highest BCUT2D eigenvalue weighted by molar-refractivity contribution is 8.13. The van der Waals surface area contributed by atoms with Crippen LogP contribution in [0.25, 0.3) is 0 Å². The number of halogens is 2. The molecule has 20 heavy (non-hydrogen) atoms. The smallest absolute Gasteiger partial charge is 0.261 e. The van der Waals surface area contributed by atoms with E-state index >= 15 is 0 Å². The monoisotopic (exact) mass is 343 g/mol. The highest BCUT2D eigenvalue weighted by Crippen LogP contribution is 2.22. The molecule has 0 saturated carbocycles. The van der Waals surface area contributed by atoms with E-state index in [2.05, 4.69) is 5.32 Å². The molecule has 10 heteroatoms. The van der Waals surface area contributed by atoms with E-state index in [9.17, 15) is 26.0 Å². The molecule has 0 radical (unpaired) electrons. The lowest BCUT2D eigenvalue weighted by Crippen LogP contribution is -2.32. The lowest BCUT2D eigenvalue weighted by atomic mass is 10.3. The fraction of sp³-hybridized carbons (Fsp3) is 0.300. The average molecular weight is 344 g/mol. The van der Waals surface area contributed by atoms with E-state index in [0.717, 1.165) is 25.3 Å². The molecule has 1 atom stereocenters. The average Bonchev–Trinajstić information content (AvgIpc) is 2.28. The van der Waals surface area contributed by atoms with Crippen LogP contribution < -0.4 is 5.32 Å². The summed E-state index contributed by atoms with van der Waals surface area (Å²) >= 11 is 0. The number of hydrogen-bond acceptors (Lipinski definition) is 5. The van der Waals surface area contributed by atoms with Crippen LogP contribution in [0.4, 0.5) is 10.1 Å². The molecule has 1 unspecified atom stereocenters. The molecule has 112 valence electrons. The first-order chi connectivity index (χ1) is 8.93. The van der Waals surface area contributed by atoms with Crippen molar-refractivity contribution in [2.75, 3.05) is 11.6 Å². The molecule has 1 aromatic carbocycles. The van der Waals surface area contributed by atoms with Crippen molar-refractivity contribution in [2.24, 2.45) is 0 Å². The van der Waals surface area contributed by atoms with E-state index in [4.69, 9.17) is 10.7 Å². The molecular formula is C10H11ClFNO5S2. The number of carbonyl (C=O) groups excluding carboxylic acids is 1. The number of amides is 1. The quantitative estimate of drug-likeness (QED) is 0.826. The van der Waals surface area contributed by atoms with Crippen LogP contribution in [0.2, 0.25) is 0 Å². The van der Waals surface area contributed by atoms with E-state index < -0.39 is 40.8 Å². The molecule has 0 spiro atoms. The van der Waals surface area contributed by atoms with Crippen LogP contribution in [0.3, 0.4) is 0 Å². The third-order valence-corrected chi connectivity index (χ3v) is 5.34. The summed E-state index contributed by atoms with van der Waals surface area (Å²) in [7, 11) is -2.67. The van der Waals surface area contributed by atoms with Crippen LogP contribution in [0.1, 0.15) is 6.92 Å². The number of rotatable bonds is 4. The standard InChI is InChI=1S/C10H11ClFNO5S2/c1-6(19(2,15)16)10(14)13-9-4-3-7(5-8(9)12)20(11,17)18/h3-6H,1-2H3,(H,13,14). The van der Waals surface area contributed by atoms with Gasteiger partial charge in [-0.1, -0.05) is 0 Å². The van der Waals surface area contributed by atoms with Crippen LogP contribution in [0.5, 0.6) is 0 Å². The molecule has 1 rings (SSSR count). The predicted octanol–water partition coefficient (Wildman–Crippen LogP) is 1.12. The van der Waals surface area contributed by atoms with Crippen molar-refractivity contribution >= 4 is 41.2 Å². The lowest BCUT2D eigenvalue weighted by molar-refractivity contribution is -0.115. The normalized spacial score (nSPS) is 13.8. The largest absolute Gasteiger partial charge is 0.322 e. The van der Waals surface area contributed by atoms with Gasteiger partial charge in [-0.15, -0.1) is 0 Å². The van der Waals surface area contributed by atoms with Gasteiger partial charge in [0.1, 0.15) is 11.1 Å². The van der Waals surface area contributed by atoms with Gasteiger partial charge >= 0.3 is 0 Å². The summed E-state index contributed by atoms with van der Waals surface area (Å²) in [4.78, 5) is 11.1. The molecule has 0 fully saturated rings. The molecule has 0 saturated heterocycles. The van der Waals surface area contributed by atoms with Crippen LogP contribution >= 0.6 is 10.7 Å². The van der Waals surface area contributed by atoms with Crippen molar-refractivity contribution in [3.05, 3.63) is 24.0 Å². The van der Waals surface area contributed by atoms with E-state index in [1.807, 2.05) is 0 Å². The highest BCUT2D eigenvalue weighted by Gasteiger charge is 2.24. The maximum Gasteiger partial charge on any atom is 0.261 e. The molecular weight excluding hydrogens is 333 g/mol. The van der Waals surface area contributed by atoms with Crippen molar-refractivity contribution in [2.45, 2.75) is 17.1 Å². The molecule has 0 aliphatic carbocycles. The fourth-order valence-electron chi connectivity index (χ4n) is 1.18. The summed E-state index contributed by atoms with van der Waals surface area (Å²) in [5, 5.41) is 0.702. The zero-order chi connectivity index (χ0) is 15.7. The van der Waals surface area contributed by atoms with Gasteiger partial charge in [0.05, 0.1) is 10.6 Å². The first-order valence-electron chi connectivity index (χ1n) is 5.17. The molecule has 0 aromatic heterocycles. The summed E-state index contributed by atoms with van der Waals surface area (Å²) in [5.41, 5.74) is -0.338. The molecule has 1 N–H and O–H groups in total. The summed E-state index contributed by atoms with van der Waals surface area (Å²) in [6.07, 6.45) is 0.872. The highest BCUT2D eigenvalue weighted by atomic mass is 35.7. The number of carbonyl (C=O) groups is 1. The Hall–Kier alpha value is -1.19. The molecule has 0 aliphatic heterocycles. The zero-order valence-corrected chi connectivity index (χ0v) is 12.8. The van der Waals surface area contributed by atoms with Gasteiger partial charge in [-0.3, -0.25) is 4.79 Å². The first-order valence-corrected chi connectivity index (χ1v) is 9.43. The number of sulfone groups is 1. The van der Waals surface area contributed by atoms with Gasteiger partial charge in [0.25, 0.3) is 9.05 Å². The molecule has 0 aliphatic rings. The fourth-order valence-corrected chi connectivity index (χ4v) is 2.39. The van der Waals surface area contributed by atoms with Gasteiger partial charge in [-0.2, -0.15) is 0 Å². The second-order valence-corrected chi connectivity index (χ2v) is 8.97. The molecule has 0 bridgehead atoms. The molecule has 0 heterocycles. The van der Waals surface area contributed by atoms with Gasteiger partial charge < -0.3 is 5.32 Å². The van der Waals surface area contributed by atoms with Gasteiger partial charge in [-0.05, 0) is 25.1 Å². The van der Waals surface area contributed by atoms with Crippen LogP contribution in [0, 0.1) is 5.82 Å². The van der Waals surface area contributed by atoms with Crippen LogP contribution in [-0.4, -0.2) is 34.2 Å². The minimum atomic E-state index is -4.09.